The van der Waals surface area contributed by atoms with E-state index >= 15 is 0 Å². The summed E-state index contributed by atoms with van der Waals surface area (Å²) in [6.07, 6.45) is 5.99. The number of aryl methyl sites for hydroxylation is 1. The molecule has 1 N–H and O–H groups in total. The Morgan fingerprint density at radius 1 is 1.26 bits per heavy atom. The number of carbonyl (C=O) groups is 1. The van der Waals surface area contributed by atoms with Crippen LogP contribution in [-0.2, 0) is 11.3 Å². The fraction of sp³-hybridized carbons (Fsp3) is 0.167. The normalized spacial score (nSPS) is 10.7. The van der Waals surface area contributed by atoms with Crippen molar-refractivity contribution in [2.24, 2.45) is 0 Å². The zero-order chi connectivity index (χ0) is 13.1. The van der Waals surface area contributed by atoms with E-state index in [-0.39, 0.29) is 5.91 Å². The molecule has 0 atom stereocenters. The molecule has 0 spiro atoms. The second-order valence-electron chi connectivity index (χ2n) is 4.12. The van der Waals surface area contributed by atoms with Gasteiger partial charge in [-0.05, 0) is 28.6 Å². The van der Waals surface area contributed by atoms with Gasteiger partial charge in [0.25, 0.3) is 0 Å². The van der Waals surface area contributed by atoms with Crippen LogP contribution in [0.3, 0.4) is 0 Å². The first-order chi connectivity index (χ1) is 9.31. The molecule has 7 heteroatoms. The average molecular weight is 256 g/mol. The zero-order valence-electron chi connectivity index (χ0n) is 10.1. The molecule has 0 aliphatic rings. The molecule has 0 fully saturated rings. The fourth-order valence-corrected chi connectivity index (χ4v) is 1.79. The van der Waals surface area contributed by atoms with Gasteiger partial charge in [0.05, 0.1) is 0 Å². The van der Waals surface area contributed by atoms with Gasteiger partial charge in [0.1, 0.15) is 0 Å². The van der Waals surface area contributed by atoms with E-state index in [0.717, 1.165) is 0 Å². The summed E-state index contributed by atoms with van der Waals surface area (Å²) in [6.45, 7) is 0.660. The number of fused-ring (bicyclic) bond motifs is 1. The van der Waals surface area contributed by atoms with E-state index in [9.17, 15) is 4.79 Å². The summed E-state index contributed by atoms with van der Waals surface area (Å²) in [5.74, 6) is -0.0366. The van der Waals surface area contributed by atoms with Crippen LogP contribution in [0.4, 0.5) is 5.69 Å². The molecule has 3 heterocycles. The van der Waals surface area contributed by atoms with Crippen molar-refractivity contribution in [3.05, 3.63) is 42.9 Å². The Kier molecular flexibility index (Phi) is 2.93. The molecule has 1 amide bonds. The summed E-state index contributed by atoms with van der Waals surface area (Å²) in [7, 11) is 0. The van der Waals surface area contributed by atoms with Gasteiger partial charge in [0.2, 0.25) is 5.91 Å². The van der Waals surface area contributed by atoms with Gasteiger partial charge in [-0.3, -0.25) is 4.79 Å². The van der Waals surface area contributed by atoms with E-state index in [1.54, 1.807) is 18.3 Å². The predicted octanol–water partition coefficient (Wildman–Crippen LogP) is 0.955. The largest absolute Gasteiger partial charge is 0.354 e. The minimum absolute atomic E-state index is 0.0366. The minimum Gasteiger partial charge on any atom is -0.354 e. The van der Waals surface area contributed by atoms with Gasteiger partial charge in [0, 0.05) is 43.3 Å². The molecule has 3 aromatic rings. The van der Waals surface area contributed by atoms with E-state index < -0.39 is 0 Å². The Balaban J connectivity index is 1.62. The van der Waals surface area contributed by atoms with Crippen LogP contribution in [0.25, 0.3) is 5.65 Å². The highest BCUT2D eigenvalue weighted by Gasteiger charge is 2.04. The van der Waals surface area contributed by atoms with Gasteiger partial charge in [0.15, 0.2) is 5.65 Å². The van der Waals surface area contributed by atoms with Gasteiger partial charge in [-0.2, -0.15) is 0 Å². The van der Waals surface area contributed by atoms with Gasteiger partial charge < -0.3 is 9.88 Å². The van der Waals surface area contributed by atoms with Gasteiger partial charge in [-0.15, -0.1) is 5.10 Å². The number of hydrogen-bond acceptors (Lipinski definition) is 4. The first kappa shape index (κ1) is 11.4. The van der Waals surface area contributed by atoms with Crippen molar-refractivity contribution in [3.63, 3.8) is 0 Å². The van der Waals surface area contributed by atoms with Crippen LogP contribution in [0, 0.1) is 0 Å². The van der Waals surface area contributed by atoms with Gasteiger partial charge in [-0.25, -0.2) is 4.52 Å². The molecule has 0 aliphatic heterocycles. The van der Waals surface area contributed by atoms with Crippen LogP contribution in [-0.4, -0.2) is 30.5 Å². The molecule has 96 valence electrons. The Bertz CT molecular complexity index is 687. The average Bonchev–Trinajstić information content (AvgIpc) is 3.07. The van der Waals surface area contributed by atoms with Crippen LogP contribution in [0.2, 0.25) is 0 Å². The molecule has 0 aliphatic carbocycles. The van der Waals surface area contributed by atoms with Crippen molar-refractivity contribution >= 4 is 17.2 Å². The molecule has 0 aromatic carbocycles. The molecule has 19 heavy (non-hydrogen) atoms. The van der Waals surface area contributed by atoms with Gasteiger partial charge >= 0.3 is 0 Å². The highest BCUT2D eigenvalue weighted by molar-refractivity contribution is 5.91. The maximum atomic E-state index is 11.8. The maximum Gasteiger partial charge on any atom is 0.226 e. The number of tetrazole rings is 1. The first-order valence-electron chi connectivity index (χ1n) is 5.90. The van der Waals surface area contributed by atoms with Gasteiger partial charge in [-0.1, -0.05) is 0 Å². The van der Waals surface area contributed by atoms with Crippen molar-refractivity contribution in [3.8, 4) is 0 Å². The van der Waals surface area contributed by atoms with Crippen LogP contribution >= 0.6 is 0 Å². The molecule has 3 aromatic heterocycles. The van der Waals surface area contributed by atoms with Crippen molar-refractivity contribution in [1.82, 2.24) is 24.6 Å². The van der Waals surface area contributed by atoms with Crippen LogP contribution in [0.5, 0.6) is 0 Å². The van der Waals surface area contributed by atoms with E-state index in [1.165, 1.54) is 4.52 Å². The van der Waals surface area contributed by atoms with Crippen molar-refractivity contribution in [2.75, 3.05) is 5.32 Å². The summed E-state index contributed by atoms with van der Waals surface area (Å²) < 4.78 is 3.50. The zero-order valence-corrected chi connectivity index (χ0v) is 10.1. The van der Waals surface area contributed by atoms with E-state index in [4.69, 9.17) is 0 Å². The Labute approximate surface area is 108 Å². The highest BCUT2D eigenvalue weighted by Crippen LogP contribution is 2.09. The molecule has 0 saturated heterocycles. The molecule has 0 unspecified atom stereocenters. The Hall–Kier alpha value is -2.70. The highest BCUT2D eigenvalue weighted by atomic mass is 16.1. The van der Waals surface area contributed by atoms with E-state index in [1.807, 2.05) is 29.1 Å². The van der Waals surface area contributed by atoms with Crippen molar-refractivity contribution in [1.29, 1.82) is 0 Å². The lowest BCUT2D eigenvalue weighted by atomic mass is 10.3. The summed E-state index contributed by atoms with van der Waals surface area (Å²) in [5.41, 5.74) is 1.29. The monoisotopic (exact) mass is 256 g/mol. The topological polar surface area (TPSA) is 77.1 Å². The number of nitrogens with one attached hydrogen (secondary N) is 1. The number of nitrogens with zero attached hydrogens (tertiary/aromatic N) is 5. The molecule has 0 saturated carbocycles. The third kappa shape index (κ3) is 2.59. The Morgan fingerprint density at radius 2 is 2.11 bits per heavy atom. The first-order valence-corrected chi connectivity index (χ1v) is 5.90. The summed E-state index contributed by atoms with van der Waals surface area (Å²) in [5, 5.41) is 13.9. The third-order valence-corrected chi connectivity index (χ3v) is 2.75. The smallest absolute Gasteiger partial charge is 0.226 e. The number of hydrogen-bond donors (Lipinski definition) is 1. The number of anilines is 1. The number of pyridine rings is 1. The second-order valence-corrected chi connectivity index (χ2v) is 4.12. The minimum atomic E-state index is -0.0366. The number of aromatic nitrogens is 5. The van der Waals surface area contributed by atoms with Crippen LogP contribution in [0.1, 0.15) is 6.42 Å². The molecule has 0 radical (unpaired) electrons. The van der Waals surface area contributed by atoms with E-state index in [0.29, 0.717) is 24.3 Å². The van der Waals surface area contributed by atoms with Crippen LogP contribution < -0.4 is 5.32 Å². The Morgan fingerprint density at radius 3 is 2.95 bits per heavy atom. The predicted molar refractivity (Wildman–Crippen MR) is 68.5 cm³/mol. The molecular weight excluding hydrogens is 244 g/mol. The number of rotatable bonds is 4. The summed E-state index contributed by atoms with van der Waals surface area (Å²) in [6, 6.07) is 7.36. The molecular formula is C12H12N6O. The number of amides is 1. The maximum absolute atomic E-state index is 11.8. The SMILES string of the molecule is O=C(CCn1cccc1)Nc1ccn2nnnc2c1. The standard InChI is InChI=1S/C12H12N6O/c19-12(4-7-17-5-1-2-6-17)13-10-3-8-18-11(9-10)14-15-16-18/h1-3,5-6,8-9H,4,7H2,(H,13,19). The molecule has 0 bridgehead atoms. The van der Waals surface area contributed by atoms with Crippen molar-refractivity contribution < 1.29 is 4.79 Å². The summed E-state index contributed by atoms with van der Waals surface area (Å²) in [4.78, 5) is 11.8. The third-order valence-electron chi connectivity index (χ3n) is 2.75. The number of carbonyl (C=O) groups excluding carboxylic acids is 1. The van der Waals surface area contributed by atoms with E-state index in [2.05, 4.69) is 20.8 Å². The van der Waals surface area contributed by atoms with Crippen molar-refractivity contribution in [2.45, 2.75) is 13.0 Å². The molecule has 3 rings (SSSR count). The lowest BCUT2D eigenvalue weighted by molar-refractivity contribution is -0.116. The second kappa shape index (κ2) is 4.89. The lowest BCUT2D eigenvalue weighted by Gasteiger charge is -2.05. The fourth-order valence-electron chi connectivity index (χ4n) is 1.79. The quantitative estimate of drug-likeness (QED) is 0.754. The summed E-state index contributed by atoms with van der Waals surface area (Å²) >= 11 is 0. The van der Waals surface area contributed by atoms with Crippen LogP contribution in [0.15, 0.2) is 42.9 Å². The molecule has 7 nitrogen and oxygen atoms in total. The lowest BCUT2D eigenvalue weighted by Crippen LogP contribution is -2.14.